The number of amides is 1. The Labute approximate surface area is 114 Å². The predicted molar refractivity (Wildman–Crippen MR) is 68.8 cm³/mol. The van der Waals surface area contributed by atoms with E-state index in [2.05, 4.69) is 0 Å². The highest BCUT2D eigenvalue weighted by molar-refractivity contribution is 6.01. The summed E-state index contributed by atoms with van der Waals surface area (Å²) in [5, 5.41) is 18.5. The number of carbonyl (C=O) groups is 2. The van der Waals surface area contributed by atoms with Gasteiger partial charge in [-0.15, -0.1) is 0 Å². The van der Waals surface area contributed by atoms with E-state index in [0.29, 0.717) is 0 Å². The van der Waals surface area contributed by atoms with Gasteiger partial charge in [-0.3, -0.25) is 9.59 Å². The first-order valence-corrected chi connectivity index (χ1v) is 5.40. The molecule has 20 heavy (non-hydrogen) atoms. The molecule has 0 aromatic heterocycles. The SMILES string of the molecule is COc1cc(OC(C)=O)c(/C=C(\C#N)C(N)=O)cc1O. The number of esters is 1. The van der Waals surface area contributed by atoms with Crippen molar-refractivity contribution < 1.29 is 24.2 Å². The van der Waals surface area contributed by atoms with Gasteiger partial charge >= 0.3 is 5.97 Å². The third kappa shape index (κ3) is 3.49. The fraction of sp³-hybridized carbons (Fsp3) is 0.154. The number of rotatable bonds is 4. The summed E-state index contributed by atoms with van der Waals surface area (Å²) in [6, 6.07) is 4.07. The van der Waals surface area contributed by atoms with Gasteiger partial charge in [-0.05, 0) is 12.1 Å². The van der Waals surface area contributed by atoms with E-state index >= 15 is 0 Å². The number of nitrogens with zero attached hydrogens (tertiary/aromatic N) is 1. The number of ether oxygens (including phenoxy) is 2. The molecule has 1 aromatic carbocycles. The van der Waals surface area contributed by atoms with E-state index in [0.717, 1.165) is 6.08 Å². The van der Waals surface area contributed by atoms with E-state index in [4.69, 9.17) is 20.5 Å². The molecule has 0 aliphatic rings. The Morgan fingerprint density at radius 2 is 2.05 bits per heavy atom. The van der Waals surface area contributed by atoms with Gasteiger partial charge in [0.1, 0.15) is 17.4 Å². The van der Waals surface area contributed by atoms with Crippen molar-refractivity contribution in [2.75, 3.05) is 7.11 Å². The molecule has 3 N–H and O–H groups in total. The number of hydrogen-bond donors (Lipinski definition) is 2. The number of hydrogen-bond acceptors (Lipinski definition) is 6. The molecule has 0 unspecified atom stereocenters. The summed E-state index contributed by atoms with van der Waals surface area (Å²) in [7, 11) is 1.33. The zero-order chi connectivity index (χ0) is 15.3. The van der Waals surface area contributed by atoms with Crippen LogP contribution in [0, 0.1) is 11.3 Å². The van der Waals surface area contributed by atoms with Crippen LogP contribution in [0.5, 0.6) is 17.2 Å². The Morgan fingerprint density at radius 1 is 1.40 bits per heavy atom. The summed E-state index contributed by atoms with van der Waals surface area (Å²) < 4.78 is 9.81. The second-order valence-corrected chi connectivity index (χ2v) is 3.69. The van der Waals surface area contributed by atoms with Gasteiger partial charge in [0.15, 0.2) is 11.5 Å². The maximum absolute atomic E-state index is 11.0. The van der Waals surface area contributed by atoms with E-state index in [9.17, 15) is 14.7 Å². The highest BCUT2D eigenvalue weighted by Gasteiger charge is 2.13. The lowest BCUT2D eigenvalue weighted by Gasteiger charge is -2.10. The van der Waals surface area contributed by atoms with Gasteiger partial charge in [0.2, 0.25) is 0 Å². The largest absolute Gasteiger partial charge is 0.504 e. The van der Waals surface area contributed by atoms with Crippen LogP contribution >= 0.6 is 0 Å². The van der Waals surface area contributed by atoms with Crippen LogP contribution in [0.3, 0.4) is 0 Å². The molecule has 0 radical (unpaired) electrons. The Morgan fingerprint density at radius 3 is 2.50 bits per heavy atom. The third-order valence-electron chi connectivity index (χ3n) is 2.25. The van der Waals surface area contributed by atoms with Crippen LogP contribution in [-0.4, -0.2) is 24.1 Å². The molecule has 0 aliphatic carbocycles. The maximum atomic E-state index is 11.0. The van der Waals surface area contributed by atoms with Gasteiger partial charge in [-0.25, -0.2) is 0 Å². The van der Waals surface area contributed by atoms with E-state index < -0.39 is 11.9 Å². The Balaban J connectivity index is 3.44. The summed E-state index contributed by atoms with van der Waals surface area (Å²) in [6.45, 7) is 1.19. The van der Waals surface area contributed by atoms with Crippen molar-refractivity contribution >= 4 is 18.0 Å². The smallest absolute Gasteiger partial charge is 0.308 e. The number of aromatic hydroxyl groups is 1. The number of methoxy groups -OCH3 is 1. The van der Waals surface area contributed by atoms with E-state index in [1.165, 1.54) is 26.2 Å². The normalized spacial score (nSPS) is 10.6. The highest BCUT2D eigenvalue weighted by atomic mass is 16.5. The van der Waals surface area contributed by atoms with E-state index in [1.54, 1.807) is 6.07 Å². The molecule has 1 aromatic rings. The van der Waals surface area contributed by atoms with Crippen LogP contribution in [0.1, 0.15) is 12.5 Å². The van der Waals surface area contributed by atoms with Gasteiger partial charge in [0.25, 0.3) is 5.91 Å². The number of primary amides is 1. The molecular weight excluding hydrogens is 264 g/mol. The average molecular weight is 276 g/mol. The van der Waals surface area contributed by atoms with Gasteiger partial charge in [-0.1, -0.05) is 0 Å². The first-order valence-electron chi connectivity index (χ1n) is 5.40. The lowest BCUT2D eigenvalue weighted by atomic mass is 10.1. The van der Waals surface area contributed by atoms with Crippen molar-refractivity contribution in [3.63, 3.8) is 0 Å². The molecule has 0 atom stereocenters. The van der Waals surface area contributed by atoms with Crippen LogP contribution in [0.4, 0.5) is 0 Å². The molecule has 0 saturated carbocycles. The van der Waals surface area contributed by atoms with Crippen molar-refractivity contribution in [1.82, 2.24) is 0 Å². The van der Waals surface area contributed by atoms with Crippen LogP contribution in [0.15, 0.2) is 17.7 Å². The second kappa shape index (κ2) is 6.24. The quantitative estimate of drug-likeness (QED) is 0.361. The highest BCUT2D eigenvalue weighted by Crippen LogP contribution is 2.35. The van der Waals surface area contributed by atoms with Crippen LogP contribution in [-0.2, 0) is 9.59 Å². The van der Waals surface area contributed by atoms with Crippen molar-refractivity contribution in [1.29, 1.82) is 5.26 Å². The maximum Gasteiger partial charge on any atom is 0.308 e. The summed E-state index contributed by atoms with van der Waals surface area (Å²) >= 11 is 0. The molecule has 0 fully saturated rings. The summed E-state index contributed by atoms with van der Waals surface area (Å²) in [6.07, 6.45) is 1.11. The predicted octanol–water partition coefficient (Wildman–Crippen LogP) is 0.718. The molecule has 1 rings (SSSR count). The second-order valence-electron chi connectivity index (χ2n) is 3.69. The first-order chi connectivity index (χ1) is 9.38. The zero-order valence-corrected chi connectivity index (χ0v) is 10.8. The minimum absolute atomic E-state index is 0.0288. The van der Waals surface area contributed by atoms with Gasteiger partial charge in [0, 0.05) is 18.6 Å². The molecule has 0 saturated heterocycles. The van der Waals surface area contributed by atoms with Crippen molar-refractivity contribution in [2.45, 2.75) is 6.92 Å². The van der Waals surface area contributed by atoms with Crippen LogP contribution in [0.25, 0.3) is 6.08 Å². The Bertz CT molecular complexity index is 628. The monoisotopic (exact) mass is 276 g/mol. The van der Waals surface area contributed by atoms with Crippen molar-refractivity contribution in [3.05, 3.63) is 23.3 Å². The number of carbonyl (C=O) groups excluding carboxylic acids is 2. The number of phenols is 1. The van der Waals surface area contributed by atoms with Gasteiger partial charge < -0.3 is 20.3 Å². The third-order valence-corrected chi connectivity index (χ3v) is 2.25. The number of benzene rings is 1. The van der Waals surface area contributed by atoms with Crippen LogP contribution < -0.4 is 15.2 Å². The minimum atomic E-state index is -0.934. The van der Waals surface area contributed by atoms with Gasteiger partial charge in [0.05, 0.1) is 7.11 Å². The summed E-state index contributed by atoms with van der Waals surface area (Å²) in [5.41, 5.74) is 4.82. The number of nitrogens with two attached hydrogens (primary N) is 1. The first kappa shape index (κ1) is 15.0. The lowest BCUT2D eigenvalue weighted by molar-refractivity contribution is -0.131. The minimum Gasteiger partial charge on any atom is -0.504 e. The summed E-state index contributed by atoms with van der Waals surface area (Å²) in [5.74, 6) is -1.67. The molecule has 7 heteroatoms. The molecule has 0 bridgehead atoms. The van der Waals surface area contributed by atoms with E-state index in [1.807, 2.05) is 0 Å². The molecule has 0 spiro atoms. The summed E-state index contributed by atoms with van der Waals surface area (Å²) in [4.78, 5) is 22.0. The van der Waals surface area contributed by atoms with Crippen LogP contribution in [0.2, 0.25) is 0 Å². The van der Waals surface area contributed by atoms with Gasteiger partial charge in [-0.2, -0.15) is 5.26 Å². The van der Waals surface area contributed by atoms with Crippen molar-refractivity contribution in [2.24, 2.45) is 5.73 Å². The number of nitriles is 1. The molecule has 0 heterocycles. The number of phenolic OH excluding ortho intramolecular Hbond substituents is 1. The zero-order valence-electron chi connectivity index (χ0n) is 10.8. The topological polar surface area (TPSA) is 123 Å². The Hall–Kier alpha value is -3.01. The van der Waals surface area contributed by atoms with E-state index in [-0.39, 0.29) is 28.4 Å². The molecule has 1 amide bonds. The standard InChI is InChI=1S/C13H12N2O5/c1-7(16)20-11-5-12(19-2)10(17)4-8(11)3-9(6-14)13(15)18/h3-5,17H,1-2H3,(H2,15,18)/b9-3+. The van der Waals surface area contributed by atoms with Crippen molar-refractivity contribution in [3.8, 4) is 23.3 Å². The molecule has 7 nitrogen and oxygen atoms in total. The fourth-order valence-corrected chi connectivity index (χ4v) is 1.40. The Kier molecular flexibility index (Phi) is 4.70. The fourth-order valence-electron chi connectivity index (χ4n) is 1.40. The molecule has 104 valence electrons. The average Bonchev–Trinajstić information content (AvgIpc) is 2.37. The lowest BCUT2D eigenvalue weighted by Crippen LogP contribution is -2.12. The molecular formula is C13H12N2O5. The molecule has 0 aliphatic heterocycles.